The number of allylic oxidation sites excluding steroid dienone is 2. The first-order valence-electron chi connectivity index (χ1n) is 13.5. The lowest BCUT2D eigenvalue weighted by Crippen LogP contribution is -2.27. The van der Waals surface area contributed by atoms with Crippen molar-refractivity contribution in [1.82, 2.24) is 20.1 Å². The number of likely N-dealkylation sites (N-methyl/N-ethyl adjacent to an activating group) is 1. The lowest BCUT2D eigenvalue weighted by atomic mass is 9.88. The zero-order chi connectivity index (χ0) is 28.3. The first kappa shape index (κ1) is 28.7. The van der Waals surface area contributed by atoms with E-state index in [1.165, 1.54) is 4.90 Å². The van der Waals surface area contributed by atoms with E-state index in [4.69, 9.17) is 9.84 Å². The Balaban J connectivity index is 1.46. The Labute approximate surface area is 234 Å². The molecule has 4 rings (SSSR count). The topological polar surface area (TPSA) is 91.3 Å². The van der Waals surface area contributed by atoms with Crippen molar-refractivity contribution in [3.05, 3.63) is 102 Å². The highest BCUT2D eigenvalue weighted by atomic mass is 19.1. The smallest absolute Gasteiger partial charge is 0.246 e. The first-order chi connectivity index (χ1) is 19.5. The van der Waals surface area contributed by atoms with Crippen LogP contribution in [0.3, 0.4) is 0 Å². The maximum atomic E-state index is 14.4. The number of nitrogens with zero attached hydrogens (tertiary/aromatic N) is 3. The van der Waals surface area contributed by atoms with Crippen LogP contribution in [0.1, 0.15) is 49.3 Å². The fraction of sp³-hybridized carbons (Fsp3) is 0.281. The monoisotopic (exact) mass is 542 g/mol. The quantitative estimate of drug-likeness (QED) is 0.159. The highest BCUT2D eigenvalue weighted by Gasteiger charge is 2.15. The second kappa shape index (κ2) is 14.2. The molecular weight excluding hydrogens is 507 g/mol. The van der Waals surface area contributed by atoms with E-state index in [-0.39, 0.29) is 12.5 Å². The molecule has 2 heterocycles. The van der Waals surface area contributed by atoms with E-state index in [0.717, 1.165) is 59.3 Å². The molecule has 8 heteroatoms. The van der Waals surface area contributed by atoms with Gasteiger partial charge in [-0.05, 0) is 96.0 Å². The molecule has 0 aliphatic rings. The molecule has 4 aromatic rings. The average molecular weight is 543 g/mol. The van der Waals surface area contributed by atoms with E-state index >= 15 is 0 Å². The molecule has 2 aromatic carbocycles. The van der Waals surface area contributed by atoms with Crippen LogP contribution in [0, 0.1) is 5.95 Å². The molecule has 0 aliphatic carbocycles. The highest BCUT2D eigenvalue weighted by Crippen LogP contribution is 2.36. The van der Waals surface area contributed by atoms with Crippen molar-refractivity contribution in [3.8, 4) is 5.75 Å². The Hall–Kier alpha value is -4.30. The Morgan fingerprint density at radius 2 is 1.80 bits per heavy atom. The van der Waals surface area contributed by atoms with Crippen LogP contribution in [-0.2, 0) is 4.79 Å². The molecule has 2 N–H and O–H groups in total. The van der Waals surface area contributed by atoms with Gasteiger partial charge in [-0.1, -0.05) is 31.2 Å². The summed E-state index contributed by atoms with van der Waals surface area (Å²) in [6.07, 6.45) is 10.3. The largest absolute Gasteiger partial charge is 0.494 e. The van der Waals surface area contributed by atoms with Crippen LogP contribution in [0.25, 0.3) is 22.0 Å². The molecule has 7 nitrogen and oxygen atoms in total. The summed E-state index contributed by atoms with van der Waals surface area (Å²) in [6, 6.07) is 17.6. The van der Waals surface area contributed by atoms with Crippen LogP contribution >= 0.6 is 0 Å². The predicted octanol–water partition coefficient (Wildman–Crippen LogP) is 6.02. The van der Waals surface area contributed by atoms with Gasteiger partial charge < -0.3 is 14.7 Å². The van der Waals surface area contributed by atoms with Crippen LogP contribution in [0.5, 0.6) is 5.75 Å². The van der Waals surface area contributed by atoms with Gasteiger partial charge in [-0.15, -0.1) is 0 Å². The number of rotatable bonds is 13. The van der Waals surface area contributed by atoms with E-state index in [1.54, 1.807) is 25.5 Å². The number of unbranched alkanes of at least 4 members (excludes halogenated alkanes) is 2. The molecule has 1 amide bonds. The Bertz CT molecular complexity index is 1460. The number of aromatic nitrogens is 3. The van der Waals surface area contributed by atoms with Crippen LogP contribution < -0.4 is 4.74 Å². The van der Waals surface area contributed by atoms with Gasteiger partial charge in [0.15, 0.2) is 0 Å². The number of aromatic amines is 1. The predicted molar refractivity (Wildman–Crippen MR) is 156 cm³/mol. The molecule has 0 aliphatic heterocycles. The van der Waals surface area contributed by atoms with Gasteiger partial charge in [0.25, 0.3) is 0 Å². The van der Waals surface area contributed by atoms with Gasteiger partial charge in [0, 0.05) is 26.0 Å². The number of carbonyl (C=O) groups is 1. The number of pyridine rings is 1. The first-order valence-corrected chi connectivity index (χ1v) is 13.5. The molecular formula is C32H35FN4O3. The van der Waals surface area contributed by atoms with Crippen molar-refractivity contribution in [1.29, 1.82) is 0 Å². The molecule has 0 bridgehead atoms. The van der Waals surface area contributed by atoms with Crippen LogP contribution in [0.15, 0.2) is 79.1 Å². The number of halogens is 1. The molecule has 2 aromatic heterocycles. The van der Waals surface area contributed by atoms with E-state index < -0.39 is 5.95 Å². The van der Waals surface area contributed by atoms with E-state index in [0.29, 0.717) is 24.1 Å². The van der Waals surface area contributed by atoms with Crippen molar-refractivity contribution in [2.24, 2.45) is 0 Å². The number of hydrogen-bond acceptors (Lipinski definition) is 5. The minimum atomic E-state index is -0.446. The summed E-state index contributed by atoms with van der Waals surface area (Å²) >= 11 is 0. The molecule has 0 unspecified atom stereocenters. The summed E-state index contributed by atoms with van der Waals surface area (Å²) in [5.41, 5.74) is 5.72. The van der Waals surface area contributed by atoms with Crippen molar-refractivity contribution in [2.75, 3.05) is 26.8 Å². The van der Waals surface area contributed by atoms with Gasteiger partial charge >= 0.3 is 0 Å². The summed E-state index contributed by atoms with van der Waals surface area (Å²) in [4.78, 5) is 17.5. The van der Waals surface area contributed by atoms with Crippen molar-refractivity contribution in [3.63, 3.8) is 0 Å². The maximum Gasteiger partial charge on any atom is 0.246 e. The minimum absolute atomic E-state index is 0.0441. The average Bonchev–Trinajstić information content (AvgIpc) is 3.36. The van der Waals surface area contributed by atoms with E-state index in [1.807, 2.05) is 60.7 Å². The minimum Gasteiger partial charge on any atom is -0.494 e. The number of hydrogen-bond donors (Lipinski definition) is 2. The summed E-state index contributed by atoms with van der Waals surface area (Å²) < 4.78 is 20.3. The fourth-order valence-corrected chi connectivity index (χ4v) is 4.57. The van der Waals surface area contributed by atoms with Gasteiger partial charge in [-0.3, -0.25) is 14.9 Å². The standard InChI is InChI=1S/C32H35FN4O3/c1-3-27(23-15-17-34-18-16-23)31(25-11-14-29-28(22-25)32(33)36-35-29)24-9-12-26(13-10-24)40-21-7-5-4-6-8-30(39)37(2)19-20-38/h6,8-18,22,38H,3-5,7,19-21H2,1-2H3,(H,35,36)/b8-6+,31-27+. The molecule has 0 saturated carbocycles. The lowest BCUT2D eigenvalue weighted by Gasteiger charge is -2.17. The molecule has 0 atom stereocenters. The van der Waals surface area contributed by atoms with Gasteiger partial charge in [-0.25, -0.2) is 0 Å². The van der Waals surface area contributed by atoms with Crippen LogP contribution in [-0.4, -0.2) is 57.9 Å². The molecule has 40 heavy (non-hydrogen) atoms. The Morgan fingerprint density at radius 1 is 1.05 bits per heavy atom. The number of H-pyrrole nitrogens is 1. The van der Waals surface area contributed by atoms with Crippen LogP contribution in [0.4, 0.5) is 4.39 Å². The van der Waals surface area contributed by atoms with E-state index in [9.17, 15) is 9.18 Å². The van der Waals surface area contributed by atoms with Gasteiger partial charge in [0.2, 0.25) is 11.9 Å². The molecule has 0 fully saturated rings. The van der Waals surface area contributed by atoms with Gasteiger partial charge in [0.05, 0.1) is 24.1 Å². The SMILES string of the molecule is CC/C(=C(/c1ccc(OCCCC/C=C/C(=O)N(C)CCO)cc1)c1ccc2n[nH]c(F)c2c1)c1ccncc1. The normalized spacial score (nSPS) is 12.1. The summed E-state index contributed by atoms with van der Waals surface area (Å²) in [6.45, 7) is 2.97. The lowest BCUT2D eigenvalue weighted by molar-refractivity contribution is -0.125. The third-order valence-electron chi connectivity index (χ3n) is 6.73. The molecule has 0 spiro atoms. The van der Waals surface area contributed by atoms with Crippen LogP contribution in [0.2, 0.25) is 0 Å². The number of ether oxygens (including phenoxy) is 1. The number of nitrogens with one attached hydrogen (secondary N) is 1. The summed E-state index contributed by atoms with van der Waals surface area (Å²) in [5, 5.41) is 15.8. The number of amides is 1. The Morgan fingerprint density at radius 3 is 2.52 bits per heavy atom. The molecule has 208 valence electrons. The number of carbonyl (C=O) groups excluding carboxylic acids is 1. The molecule has 0 radical (unpaired) electrons. The number of benzene rings is 2. The van der Waals surface area contributed by atoms with E-state index in [2.05, 4.69) is 22.1 Å². The third-order valence-corrected chi connectivity index (χ3v) is 6.73. The zero-order valence-electron chi connectivity index (χ0n) is 22.9. The van der Waals surface area contributed by atoms with Crippen molar-refractivity contribution >= 4 is 28.0 Å². The van der Waals surface area contributed by atoms with Gasteiger partial charge in [0.1, 0.15) is 5.75 Å². The molecule has 0 saturated heterocycles. The maximum absolute atomic E-state index is 14.4. The zero-order valence-corrected chi connectivity index (χ0v) is 22.9. The van der Waals surface area contributed by atoms with Gasteiger partial charge in [-0.2, -0.15) is 9.49 Å². The second-order valence-electron chi connectivity index (χ2n) is 9.47. The van der Waals surface area contributed by atoms with Crippen molar-refractivity contribution < 1.29 is 19.0 Å². The Kier molecular flexibility index (Phi) is 10.2. The summed E-state index contributed by atoms with van der Waals surface area (Å²) in [5.74, 6) is 0.222. The summed E-state index contributed by atoms with van der Waals surface area (Å²) in [7, 11) is 1.67. The highest BCUT2D eigenvalue weighted by molar-refractivity contribution is 6.00. The second-order valence-corrected chi connectivity index (χ2v) is 9.47. The number of aliphatic hydroxyl groups is 1. The number of aliphatic hydroxyl groups excluding tert-OH is 1. The fourth-order valence-electron chi connectivity index (χ4n) is 4.57. The third kappa shape index (κ3) is 7.21. The van der Waals surface area contributed by atoms with Crippen molar-refractivity contribution in [2.45, 2.75) is 32.6 Å². The number of fused-ring (bicyclic) bond motifs is 1.